The Kier molecular flexibility index (Phi) is 7.04. The molecule has 0 saturated carbocycles. The smallest absolute Gasteiger partial charge is 0.251 e. The summed E-state index contributed by atoms with van der Waals surface area (Å²) in [5.41, 5.74) is 11.1. The molecular formula is C24H31N3O2. The van der Waals surface area contributed by atoms with Crippen molar-refractivity contribution in [3.63, 3.8) is 0 Å². The van der Waals surface area contributed by atoms with Gasteiger partial charge in [0.25, 0.3) is 5.91 Å². The molecule has 1 amide bonds. The highest BCUT2D eigenvalue weighted by Gasteiger charge is 2.25. The highest BCUT2D eigenvalue weighted by atomic mass is 16.5. The fourth-order valence-electron chi connectivity index (χ4n) is 3.96. The molecule has 3 aromatic rings. The van der Waals surface area contributed by atoms with E-state index in [0.29, 0.717) is 18.8 Å². The lowest BCUT2D eigenvalue weighted by molar-refractivity contribution is 0.1000. The van der Waals surface area contributed by atoms with Crippen LogP contribution >= 0.6 is 0 Å². The summed E-state index contributed by atoms with van der Waals surface area (Å²) in [5, 5.41) is 1.08. The first-order valence-corrected chi connectivity index (χ1v) is 10.5. The molecule has 0 aliphatic rings. The number of carbonyl (C=O) groups excluding carboxylic acids is 1. The van der Waals surface area contributed by atoms with Gasteiger partial charge in [-0.25, -0.2) is 4.98 Å². The Morgan fingerprint density at radius 1 is 1.14 bits per heavy atom. The summed E-state index contributed by atoms with van der Waals surface area (Å²) in [4.78, 5) is 17.3. The van der Waals surface area contributed by atoms with Crippen LogP contribution in [0.1, 0.15) is 54.9 Å². The molecule has 0 saturated heterocycles. The minimum absolute atomic E-state index is 0.395. The third kappa shape index (κ3) is 4.51. The Morgan fingerprint density at radius 2 is 1.93 bits per heavy atom. The number of rotatable bonds is 10. The van der Waals surface area contributed by atoms with Crippen LogP contribution in [-0.2, 0) is 17.7 Å². The van der Waals surface area contributed by atoms with E-state index in [9.17, 15) is 4.79 Å². The number of ether oxygens (including phenoxy) is 1. The second-order valence-electron chi connectivity index (χ2n) is 7.34. The second-order valence-corrected chi connectivity index (χ2v) is 7.34. The van der Waals surface area contributed by atoms with Crippen molar-refractivity contribution in [3.8, 4) is 11.3 Å². The van der Waals surface area contributed by atoms with E-state index in [1.54, 1.807) is 0 Å². The van der Waals surface area contributed by atoms with Crippen LogP contribution in [0.5, 0.6) is 0 Å². The van der Waals surface area contributed by atoms with E-state index >= 15 is 0 Å². The van der Waals surface area contributed by atoms with Gasteiger partial charge < -0.3 is 15.0 Å². The fourth-order valence-corrected chi connectivity index (χ4v) is 3.96. The average molecular weight is 394 g/mol. The van der Waals surface area contributed by atoms with E-state index in [1.807, 2.05) is 44.2 Å². The Bertz CT molecular complexity index is 991. The van der Waals surface area contributed by atoms with Crippen molar-refractivity contribution in [2.45, 2.75) is 53.0 Å². The molecule has 5 heteroatoms. The quantitative estimate of drug-likeness (QED) is 0.499. The highest BCUT2D eigenvalue weighted by Crippen LogP contribution is 2.34. The first-order chi connectivity index (χ1) is 14.1. The number of aromatic nitrogens is 2. The number of carbonyl (C=O) groups is 1. The number of fused-ring (bicyclic) bond motifs is 1. The first kappa shape index (κ1) is 21.1. The van der Waals surface area contributed by atoms with E-state index in [1.165, 1.54) is 0 Å². The van der Waals surface area contributed by atoms with Crippen molar-refractivity contribution < 1.29 is 9.53 Å². The van der Waals surface area contributed by atoms with Gasteiger partial charge in [-0.2, -0.15) is 0 Å². The van der Waals surface area contributed by atoms with Gasteiger partial charge in [-0.15, -0.1) is 0 Å². The molecule has 2 heterocycles. The van der Waals surface area contributed by atoms with Crippen molar-refractivity contribution in [3.05, 3.63) is 53.3 Å². The number of nitrogens with zero attached hydrogens (tertiary/aromatic N) is 2. The molecule has 0 radical (unpaired) electrons. The van der Waals surface area contributed by atoms with Crippen LogP contribution in [0.4, 0.5) is 0 Å². The Labute approximate surface area is 172 Å². The number of unbranched alkanes of at least 4 members (excludes halogenated alkanes) is 1. The minimum Gasteiger partial charge on any atom is -0.382 e. The van der Waals surface area contributed by atoms with Gasteiger partial charge >= 0.3 is 0 Å². The predicted molar refractivity (Wildman–Crippen MR) is 118 cm³/mol. The molecule has 0 aliphatic heterocycles. The Balaban J connectivity index is 2.14. The second kappa shape index (κ2) is 9.70. The lowest BCUT2D eigenvalue weighted by atomic mass is 10.0. The largest absolute Gasteiger partial charge is 0.382 e. The molecule has 2 aromatic heterocycles. The van der Waals surface area contributed by atoms with Gasteiger partial charge in [0.1, 0.15) is 0 Å². The van der Waals surface area contributed by atoms with Gasteiger partial charge in [0.2, 0.25) is 0 Å². The van der Waals surface area contributed by atoms with Gasteiger partial charge in [0.05, 0.1) is 16.8 Å². The highest BCUT2D eigenvalue weighted by molar-refractivity contribution is 6.02. The van der Waals surface area contributed by atoms with Crippen LogP contribution in [0.15, 0.2) is 36.4 Å². The molecule has 29 heavy (non-hydrogen) atoms. The van der Waals surface area contributed by atoms with E-state index in [4.69, 9.17) is 15.5 Å². The van der Waals surface area contributed by atoms with Crippen LogP contribution in [0.3, 0.4) is 0 Å². The number of pyridine rings is 1. The average Bonchev–Trinajstić information content (AvgIpc) is 3.01. The number of hydrogen-bond donors (Lipinski definition) is 1. The van der Waals surface area contributed by atoms with Crippen molar-refractivity contribution in [2.75, 3.05) is 13.2 Å². The van der Waals surface area contributed by atoms with Crippen molar-refractivity contribution >= 4 is 16.8 Å². The monoisotopic (exact) mass is 393 g/mol. The third-order valence-electron chi connectivity index (χ3n) is 5.37. The number of para-hydroxylation sites is 1. The van der Waals surface area contributed by atoms with E-state index < -0.39 is 5.91 Å². The van der Waals surface area contributed by atoms with Crippen LogP contribution in [0.2, 0.25) is 0 Å². The van der Waals surface area contributed by atoms with E-state index in [0.717, 1.165) is 65.8 Å². The van der Waals surface area contributed by atoms with Crippen molar-refractivity contribution in [2.24, 2.45) is 5.73 Å². The standard InChI is InChI=1S/C24H31N3O2/c1-4-6-12-21-23(20-14-13-18-10-7-8-11-19(18)26-20)22(24(25)28)17(3)27(21)15-9-16-29-5-2/h7-8,10-11,13-14H,4-6,9,12,15-16H2,1-3H3,(H2,25,28). The topological polar surface area (TPSA) is 70.1 Å². The van der Waals surface area contributed by atoms with Crippen LogP contribution in [-0.4, -0.2) is 28.7 Å². The molecule has 0 bridgehead atoms. The third-order valence-corrected chi connectivity index (χ3v) is 5.37. The molecule has 0 unspecified atom stereocenters. The number of primary amides is 1. The molecule has 0 atom stereocenters. The summed E-state index contributed by atoms with van der Waals surface area (Å²) in [7, 11) is 0. The molecule has 2 N–H and O–H groups in total. The fraction of sp³-hybridized carbons (Fsp3) is 0.417. The van der Waals surface area contributed by atoms with Crippen molar-refractivity contribution in [1.82, 2.24) is 9.55 Å². The van der Waals surface area contributed by atoms with Gasteiger partial charge in [-0.05, 0) is 45.2 Å². The minimum atomic E-state index is -0.395. The van der Waals surface area contributed by atoms with Crippen LogP contribution in [0, 0.1) is 6.92 Å². The molecule has 3 rings (SSSR count). The maximum Gasteiger partial charge on any atom is 0.251 e. The lowest BCUT2D eigenvalue weighted by Crippen LogP contribution is -2.14. The molecule has 154 valence electrons. The van der Waals surface area contributed by atoms with Crippen molar-refractivity contribution in [1.29, 1.82) is 0 Å². The van der Waals surface area contributed by atoms with Gasteiger partial charge in [-0.3, -0.25) is 4.79 Å². The maximum atomic E-state index is 12.5. The van der Waals surface area contributed by atoms with Crippen LogP contribution < -0.4 is 5.73 Å². The molecule has 0 spiro atoms. The predicted octanol–water partition coefficient (Wildman–Crippen LogP) is 4.88. The molecule has 5 nitrogen and oxygen atoms in total. The van der Waals surface area contributed by atoms with E-state index in [-0.39, 0.29) is 0 Å². The Hall–Kier alpha value is -2.66. The number of amides is 1. The zero-order valence-electron chi connectivity index (χ0n) is 17.7. The summed E-state index contributed by atoms with van der Waals surface area (Å²) < 4.78 is 7.77. The lowest BCUT2D eigenvalue weighted by Gasteiger charge is -2.13. The SMILES string of the molecule is CCCCc1c(-c2ccc3ccccc3n2)c(C(N)=O)c(C)n1CCCOCC. The maximum absolute atomic E-state index is 12.5. The zero-order chi connectivity index (χ0) is 20.8. The Morgan fingerprint density at radius 3 is 2.66 bits per heavy atom. The van der Waals surface area contributed by atoms with Crippen LogP contribution in [0.25, 0.3) is 22.2 Å². The molecule has 0 fully saturated rings. The summed E-state index contributed by atoms with van der Waals surface area (Å²) >= 11 is 0. The first-order valence-electron chi connectivity index (χ1n) is 10.5. The molecule has 0 aliphatic carbocycles. The molecular weight excluding hydrogens is 362 g/mol. The van der Waals surface area contributed by atoms with Gasteiger partial charge in [0.15, 0.2) is 0 Å². The van der Waals surface area contributed by atoms with Gasteiger partial charge in [0, 0.05) is 42.1 Å². The van der Waals surface area contributed by atoms with Gasteiger partial charge in [-0.1, -0.05) is 37.6 Å². The number of benzene rings is 1. The summed E-state index contributed by atoms with van der Waals surface area (Å²) in [6.07, 6.45) is 3.92. The summed E-state index contributed by atoms with van der Waals surface area (Å²) in [5.74, 6) is -0.395. The number of hydrogen-bond acceptors (Lipinski definition) is 3. The summed E-state index contributed by atoms with van der Waals surface area (Å²) in [6.45, 7) is 8.39. The zero-order valence-corrected chi connectivity index (χ0v) is 17.7. The number of nitrogens with two attached hydrogens (primary N) is 1. The summed E-state index contributed by atoms with van der Waals surface area (Å²) in [6, 6.07) is 12.1. The van der Waals surface area contributed by atoms with E-state index in [2.05, 4.69) is 17.6 Å². The molecule has 1 aromatic carbocycles. The normalized spacial score (nSPS) is 11.3.